The van der Waals surface area contributed by atoms with Crippen LogP contribution >= 0.6 is 11.8 Å². The Balaban J connectivity index is 1.78. The molecule has 1 aliphatic heterocycles. The summed E-state index contributed by atoms with van der Waals surface area (Å²) in [5.74, 6) is 1.42. The number of aromatic nitrogens is 4. The molecule has 1 atom stereocenters. The van der Waals surface area contributed by atoms with Crippen molar-refractivity contribution in [2.45, 2.75) is 30.6 Å². The fraction of sp³-hybridized carbons (Fsp3) is 0.389. The standard InChI is InChI=1S/C18H21N5O2S/c1-24-13-8-4-3-7-12(13)20-16-15-17(22-18(21-16)26-2)23(11-19-15)14-9-5-6-10-25-14/h3-4,7-8,11,14H,5-6,9-10H2,1-2H3,(H,20,21,22). The van der Waals surface area contributed by atoms with Crippen LogP contribution in [0.15, 0.2) is 35.7 Å². The Labute approximate surface area is 156 Å². The van der Waals surface area contributed by atoms with E-state index in [-0.39, 0.29) is 6.23 Å². The molecule has 7 nitrogen and oxygen atoms in total. The number of nitrogens with one attached hydrogen (secondary N) is 1. The van der Waals surface area contributed by atoms with Crippen LogP contribution in [0.4, 0.5) is 11.5 Å². The molecule has 1 fully saturated rings. The Bertz CT molecular complexity index is 908. The molecule has 0 bridgehead atoms. The number of methoxy groups -OCH3 is 1. The van der Waals surface area contributed by atoms with Crippen molar-refractivity contribution in [3.8, 4) is 5.75 Å². The van der Waals surface area contributed by atoms with E-state index in [1.807, 2.05) is 35.1 Å². The van der Waals surface area contributed by atoms with Crippen molar-refractivity contribution in [2.24, 2.45) is 0 Å². The number of hydrogen-bond acceptors (Lipinski definition) is 7. The van der Waals surface area contributed by atoms with Crippen molar-refractivity contribution in [1.29, 1.82) is 0 Å². The van der Waals surface area contributed by atoms with Crippen LogP contribution in [0.1, 0.15) is 25.5 Å². The van der Waals surface area contributed by atoms with Crippen molar-refractivity contribution < 1.29 is 9.47 Å². The summed E-state index contributed by atoms with van der Waals surface area (Å²) in [6, 6.07) is 7.74. The molecule has 1 aromatic carbocycles. The largest absolute Gasteiger partial charge is 0.495 e. The molecule has 2 aromatic heterocycles. The highest BCUT2D eigenvalue weighted by Gasteiger charge is 2.21. The number of imidazole rings is 1. The first-order valence-corrected chi connectivity index (χ1v) is 9.83. The fourth-order valence-electron chi connectivity index (χ4n) is 3.10. The van der Waals surface area contributed by atoms with Gasteiger partial charge in [-0.2, -0.15) is 0 Å². The van der Waals surface area contributed by atoms with Gasteiger partial charge in [-0.05, 0) is 37.7 Å². The van der Waals surface area contributed by atoms with E-state index in [2.05, 4.69) is 20.3 Å². The molecule has 136 valence electrons. The van der Waals surface area contributed by atoms with Gasteiger partial charge in [0.15, 0.2) is 22.1 Å². The second kappa shape index (κ2) is 7.51. The molecule has 1 unspecified atom stereocenters. The molecule has 26 heavy (non-hydrogen) atoms. The first-order valence-electron chi connectivity index (χ1n) is 8.60. The third-order valence-electron chi connectivity index (χ3n) is 4.41. The molecule has 1 saturated heterocycles. The lowest BCUT2D eigenvalue weighted by molar-refractivity contribution is -0.0298. The molecular formula is C18H21N5O2S. The maximum absolute atomic E-state index is 5.91. The average molecular weight is 371 g/mol. The molecule has 0 radical (unpaired) electrons. The van der Waals surface area contributed by atoms with Crippen molar-refractivity contribution in [3.63, 3.8) is 0 Å². The summed E-state index contributed by atoms with van der Waals surface area (Å²) in [4.78, 5) is 13.9. The Kier molecular flexibility index (Phi) is 4.94. The Morgan fingerprint density at radius 2 is 2.15 bits per heavy atom. The highest BCUT2D eigenvalue weighted by molar-refractivity contribution is 7.98. The molecule has 1 aliphatic rings. The van der Waals surface area contributed by atoms with Crippen LogP contribution in [0.2, 0.25) is 0 Å². The van der Waals surface area contributed by atoms with Gasteiger partial charge in [0.25, 0.3) is 0 Å². The third-order valence-corrected chi connectivity index (χ3v) is 4.96. The topological polar surface area (TPSA) is 74.1 Å². The van der Waals surface area contributed by atoms with E-state index < -0.39 is 0 Å². The maximum atomic E-state index is 5.91. The van der Waals surface area contributed by atoms with E-state index in [0.717, 1.165) is 48.5 Å². The highest BCUT2D eigenvalue weighted by Crippen LogP contribution is 2.32. The minimum atomic E-state index is -0.0162. The summed E-state index contributed by atoms with van der Waals surface area (Å²) in [5.41, 5.74) is 2.35. The number of ether oxygens (including phenoxy) is 2. The van der Waals surface area contributed by atoms with Crippen LogP contribution in [0, 0.1) is 0 Å². The SMILES string of the molecule is COc1ccccc1Nc1nc(SC)nc2c1ncn2C1CCCCO1. The zero-order chi connectivity index (χ0) is 17.9. The minimum absolute atomic E-state index is 0.0162. The summed E-state index contributed by atoms with van der Waals surface area (Å²) in [5, 5.41) is 4.04. The van der Waals surface area contributed by atoms with Crippen LogP contribution in [-0.4, -0.2) is 39.5 Å². The molecule has 0 saturated carbocycles. The number of hydrogen-bond donors (Lipinski definition) is 1. The van der Waals surface area contributed by atoms with Gasteiger partial charge in [-0.3, -0.25) is 4.57 Å². The lowest BCUT2D eigenvalue weighted by Gasteiger charge is -2.23. The fourth-order valence-corrected chi connectivity index (χ4v) is 3.46. The summed E-state index contributed by atoms with van der Waals surface area (Å²) < 4.78 is 13.4. The molecule has 0 aliphatic carbocycles. The van der Waals surface area contributed by atoms with Gasteiger partial charge >= 0.3 is 0 Å². The number of fused-ring (bicyclic) bond motifs is 1. The zero-order valence-corrected chi connectivity index (χ0v) is 15.6. The van der Waals surface area contributed by atoms with Gasteiger partial charge in [0.2, 0.25) is 0 Å². The normalized spacial score (nSPS) is 17.4. The van der Waals surface area contributed by atoms with E-state index >= 15 is 0 Å². The first-order chi connectivity index (χ1) is 12.8. The van der Waals surface area contributed by atoms with Gasteiger partial charge in [0.05, 0.1) is 19.1 Å². The first kappa shape index (κ1) is 17.1. The van der Waals surface area contributed by atoms with Crippen LogP contribution < -0.4 is 10.1 Å². The molecule has 3 aromatic rings. The molecule has 4 rings (SSSR count). The third kappa shape index (κ3) is 3.22. The van der Waals surface area contributed by atoms with Crippen LogP contribution in [0.3, 0.4) is 0 Å². The number of para-hydroxylation sites is 2. The van der Waals surface area contributed by atoms with Crippen LogP contribution in [-0.2, 0) is 4.74 Å². The minimum Gasteiger partial charge on any atom is -0.495 e. The number of thioether (sulfide) groups is 1. The summed E-state index contributed by atoms with van der Waals surface area (Å²) in [6.07, 6.45) is 6.97. The van der Waals surface area contributed by atoms with Gasteiger partial charge in [-0.25, -0.2) is 15.0 Å². The average Bonchev–Trinajstić information content (AvgIpc) is 3.13. The van der Waals surface area contributed by atoms with Crippen molar-refractivity contribution >= 4 is 34.4 Å². The predicted octanol–water partition coefficient (Wildman–Crippen LogP) is 4.00. The predicted molar refractivity (Wildman–Crippen MR) is 102 cm³/mol. The summed E-state index contributed by atoms with van der Waals surface area (Å²) >= 11 is 1.50. The Hall–Kier alpha value is -2.32. The van der Waals surface area contributed by atoms with E-state index in [1.54, 1.807) is 13.4 Å². The highest BCUT2D eigenvalue weighted by atomic mass is 32.2. The van der Waals surface area contributed by atoms with Crippen LogP contribution in [0.5, 0.6) is 5.75 Å². The van der Waals surface area contributed by atoms with Crippen molar-refractivity contribution in [2.75, 3.05) is 25.3 Å². The number of benzene rings is 1. The molecule has 3 heterocycles. The molecule has 8 heteroatoms. The molecular weight excluding hydrogens is 350 g/mol. The van der Waals surface area contributed by atoms with Gasteiger partial charge in [-0.15, -0.1) is 0 Å². The van der Waals surface area contributed by atoms with Gasteiger partial charge in [0.1, 0.15) is 12.0 Å². The maximum Gasteiger partial charge on any atom is 0.191 e. The van der Waals surface area contributed by atoms with Gasteiger partial charge in [-0.1, -0.05) is 23.9 Å². The Morgan fingerprint density at radius 1 is 1.27 bits per heavy atom. The smallest absolute Gasteiger partial charge is 0.191 e. The molecule has 0 spiro atoms. The van der Waals surface area contributed by atoms with Crippen molar-refractivity contribution in [1.82, 2.24) is 19.5 Å². The van der Waals surface area contributed by atoms with Gasteiger partial charge in [0, 0.05) is 6.61 Å². The molecule has 1 N–H and O–H groups in total. The van der Waals surface area contributed by atoms with Crippen molar-refractivity contribution in [3.05, 3.63) is 30.6 Å². The lowest BCUT2D eigenvalue weighted by atomic mass is 10.2. The van der Waals surface area contributed by atoms with Gasteiger partial charge < -0.3 is 14.8 Å². The summed E-state index contributed by atoms with van der Waals surface area (Å²) in [6.45, 7) is 0.775. The van der Waals surface area contributed by atoms with E-state index in [1.165, 1.54) is 11.8 Å². The zero-order valence-electron chi connectivity index (χ0n) is 14.8. The van der Waals surface area contributed by atoms with E-state index in [9.17, 15) is 0 Å². The summed E-state index contributed by atoms with van der Waals surface area (Å²) in [7, 11) is 1.65. The lowest BCUT2D eigenvalue weighted by Crippen LogP contribution is -2.17. The monoisotopic (exact) mass is 371 g/mol. The number of anilines is 2. The van der Waals surface area contributed by atoms with E-state index in [0.29, 0.717) is 11.0 Å². The number of rotatable bonds is 5. The molecule has 0 amide bonds. The Morgan fingerprint density at radius 3 is 2.92 bits per heavy atom. The van der Waals surface area contributed by atoms with Crippen LogP contribution in [0.25, 0.3) is 11.2 Å². The number of nitrogens with zero attached hydrogens (tertiary/aromatic N) is 4. The second-order valence-corrected chi connectivity index (χ2v) is 6.80. The van der Waals surface area contributed by atoms with E-state index in [4.69, 9.17) is 9.47 Å². The quantitative estimate of drug-likeness (QED) is 0.537. The second-order valence-electron chi connectivity index (χ2n) is 6.03.